The fourth-order valence-corrected chi connectivity index (χ4v) is 4.56. The number of aromatic hydroxyl groups is 1. The highest BCUT2D eigenvalue weighted by atomic mass is 32.2. The van der Waals surface area contributed by atoms with Crippen LogP contribution in [0.25, 0.3) is 22.3 Å². The van der Waals surface area contributed by atoms with Gasteiger partial charge in [0.2, 0.25) is 16.1 Å². The van der Waals surface area contributed by atoms with Crippen molar-refractivity contribution in [3.8, 4) is 22.8 Å². The number of phenols is 1. The van der Waals surface area contributed by atoms with Crippen molar-refractivity contribution in [2.75, 3.05) is 13.4 Å². The van der Waals surface area contributed by atoms with Crippen molar-refractivity contribution < 1.29 is 27.8 Å². The number of furan rings is 1. The number of hydrogen-bond acceptors (Lipinski definition) is 6. The van der Waals surface area contributed by atoms with Crippen LogP contribution in [-0.4, -0.2) is 24.0 Å². The minimum atomic E-state index is -2.59. The lowest BCUT2D eigenvalue weighted by atomic mass is 10.1. The van der Waals surface area contributed by atoms with Gasteiger partial charge in [-0.2, -0.15) is 0 Å². The maximum Gasteiger partial charge on any atom is 0.245 e. The number of halogens is 1. The van der Waals surface area contributed by atoms with E-state index in [0.717, 1.165) is 21.4 Å². The standard InChI is InChI=1S/C19H17FO5P2S/c1-24-16-10-12(5-6-14(16)21)18-19(28-2)13-9-11(3-7-15(13)25-18)4-8-17(22)27(20)26-23/h3,5-7,9-10,21H,4,8H2,1-2H3. The van der Waals surface area contributed by atoms with Crippen LogP contribution < -0.4 is 4.74 Å². The summed E-state index contributed by atoms with van der Waals surface area (Å²) in [4.78, 5) is 12.5. The van der Waals surface area contributed by atoms with E-state index >= 15 is 0 Å². The van der Waals surface area contributed by atoms with Crippen LogP contribution in [0.3, 0.4) is 0 Å². The van der Waals surface area contributed by atoms with Crippen LogP contribution in [0.5, 0.6) is 11.5 Å². The van der Waals surface area contributed by atoms with Crippen molar-refractivity contribution in [1.82, 2.24) is 0 Å². The Morgan fingerprint density at radius 3 is 2.79 bits per heavy atom. The third-order valence-electron chi connectivity index (χ3n) is 4.26. The molecule has 0 bridgehead atoms. The number of thioether (sulfide) groups is 1. The quantitative estimate of drug-likeness (QED) is 0.317. The summed E-state index contributed by atoms with van der Waals surface area (Å²) in [5, 5.41) is 10.7. The number of carbonyl (C=O) groups excluding carboxylic acids is 1. The number of aryl methyl sites for hydroxylation is 1. The second-order valence-corrected chi connectivity index (χ2v) is 9.46. The summed E-state index contributed by atoms with van der Waals surface area (Å²) in [6.07, 6.45) is 2.32. The molecule has 0 amide bonds. The van der Waals surface area contributed by atoms with Crippen LogP contribution in [0, 0.1) is 0 Å². The van der Waals surface area contributed by atoms with Gasteiger partial charge in [-0.15, -0.1) is 11.8 Å². The Balaban J connectivity index is 1.96. The molecule has 0 aliphatic carbocycles. The van der Waals surface area contributed by atoms with Crippen LogP contribution in [0.15, 0.2) is 45.7 Å². The Bertz CT molecular complexity index is 1040. The van der Waals surface area contributed by atoms with E-state index in [9.17, 15) is 18.7 Å². The van der Waals surface area contributed by atoms with Crippen LogP contribution in [0.4, 0.5) is 4.20 Å². The summed E-state index contributed by atoms with van der Waals surface area (Å²) in [5.74, 6) is 1.06. The fourth-order valence-electron chi connectivity index (χ4n) is 2.88. The summed E-state index contributed by atoms with van der Waals surface area (Å²) in [7, 11) is -1.84. The zero-order chi connectivity index (χ0) is 20.3. The maximum absolute atomic E-state index is 13.2. The van der Waals surface area contributed by atoms with Crippen molar-refractivity contribution in [3.63, 3.8) is 0 Å². The molecular weight excluding hydrogens is 421 g/mol. The molecule has 1 atom stereocenters. The molecule has 146 valence electrons. The van der Waals surface area contributed by atoms with Gasteiger partial charge in [-0.1, -0.05) is 6.07 Å². The van der Waals surface area contributed by atoms with Gasteiger partial charge in [0, 0.05) is 17.4 Å². The summed E-state index contributed by atoms with van der Waals surface area (Å²) >= 11 is 1.52. The molecule has 28 heavy (non-hydrogen) atoms. The molecule has 3 rings (SSSR count). The van der Waals surface area contributed by atoms with Gasteiger partial charge in [-0.25, -0.2) is 4.20 Å². The number of phenolic OH excluding ortho intramolecular Hbond substituents is 1. The molecule has 0 saturated heterocycles. The number of methoxy groups -OCH3 is 1. The highest BCUT2D eigenvalue weighted by molar-refractivity contribution is 8.21. The highest BCUT2D eigenvalue weighted by Gasteiger charge is 2.20. The van der Waals surface area contributed by atoms with Crippen molar-refractivity contribution >= 4 is 44.3 Å². The molecule has 0 fully saturated rings. The summed E-state index contributed by atoms with van der Waals surface area (Å²) in [5.41, 5.74) is 1.72. The van der Waals surface area contributed by atoms with Gasteiger partial charge in [-0.3, -0.25) is 9.36 Å². The smallest absolute Gasteiger partial charge is 0.245 e. The average molecular weight is 438 g/mol. The Labute approximate surface area is 168 Å². The number of ether oxygens (including phenoxy) is 1. The Morgan fingerprint density at radius 2 is 2.11 bits per heavy atom. The van der Waals surface area contributed by atoms with Gasteiger partial charge in [-0.05, 0) is 48.6 Å². The monoisotopic (exact) mass is 438 g/mol. The lowest BCUT2D eigenvalue weighted by Crippen LogP contribution is -1.94. The largest absolute Gasteiger partial charge is 0.504 e. The molecule has 1 aromatic heterocycles. The van der Waals surface area contributed by atoms with Crippen LogP contribution >= 0.6 is 27.8 Å². The number of hydrogen-bond donors (Lipinski definition) is 1. The van der Waals surface area contributed by atoms with E-state index in [1.807, 2.05) is 24.5 Å². The van der Waals surface area contributed by atoms with Gasteiger partial charge in [0.25, 0.3) is 0 Å². The molecular formula is C19H17FO5P2S. The third-order valence-corrected chi connectivity index (χ3v) is 6.95. The SMILES string of the molecule is COc1cc(-c2oc3ccc(CCC(=O)P(F)P=O)cc3c2SC)ccc1O. The van der Waals surface area contributed by atoms with E-state index < -0.39 is 21.6 Å². The fraction of sp³-hybridized carbons (Fsp3) is 0.211. The summed E-state index contributed by atoms with van der Waals surface area (Å²) < 4.78 is 34.9. The first kappa shape index (κ1) is 20.8. The number of fused-ring (bicyclic) bond motifs is 1. The molecule has 3 aromatic rings. The molecule has 0 radical (unpaired) electrons. The Morgan fingerprint density at radius 1 is 1.32 bits per heavy atom. The predicted octanol–water partition coefficient (Wildman–Crippen LogP) is 6.57. The van der Waals surface area contributed by atoms with Crippen LogP contribution in [-0.2, 0) is 15.8 Å². The lowest BCUT2D eigenvalue weighted by Gasteiger charge is -2.06. The zero-order valence-electron chi connectivity index (χ0n) is 15.1. The highest BCUT2D eigenvalue weighted by Crippen LogP contribution is 2.52. The second kappa shape index (κ2) is 9.04. The molecule has 0 spiro atoms. The van der Waals surface area contributed by atoms with Gasteiger partial charge in [0.05, 0.1) is 12.0 Å². The van der Waals surface area contributed by atoms with E-state index in [0.29, 0.717) is 23.5 Å². The average Bonchev–Trinajstić information content (AvgIpc) is 3.09. The van der Waals surface area contributed by atoms with E-state index in [-0.39, 0.29) is 12.2 Å². The summed E-state index contributed by atoms with van der Waals surface area (Å²) in [6.45, 7) is 0. The topological polar surface area (TPSA) is 76.7 Å². The lowest BCUT2D eigenvalue weighted by molar-refractivity contribution is -0.111. The third kappa shape index (κ3) is 4.22. The normalized spacial score (nSPS) is 12.4. The van der Waals surface area contributed by atoms with E-state index in [1.54, 1.807) is 18.2 Å². The van der Waals surface area contributed by atoms with Crippen LogP contribution in [0.2, 0.25) is 0 Å². The van der Waals surface area contributed by atoms with Gasteiger partial charge < -0.3 is 14.3 Å². The van der Waals surface area contributed by atoms with Crippen molar-refractivity contribution in [2.45, 2.75) is 17.7 Å². The van der Waals surface area contributed by atoms with E-state index in [2.05, 4.69) is 0 Å². The molecule has 0 aliphatic heterocycles. The first-order valence-electron chi connectivity index (χ1n) is 8.27. The van der Waals surface area contributed by atoms with E-state index in [4.69, 9.17) is 9.15 Å². The predicted molar refractivity (Wildman–Crippen MR) is 111 cm³/mol. The zero-order valence-corrected chi connectivity index (χ0v) is 17.7. The minimum absolute atomic E-state index is 0.0113. The van der Waals surface area contributed by atoms with E-state index in [1.165, 1.54) is 18.9 Å². The molecule has 9 heteroatoms. The van der Waals surface area contributed by atoms with Crippen molar-refractivity contribution in [1.29, 1.82) is 0 Å². The Hall–Kier alpha value is -1.94. The van der Waals surface area contributed by atoms with Gasteiger partial charge in [0.1, 0.15) is 11.3 Å². The number of carbonyl (C=O) groups is 1. The van der Waals surface area contributed by atoms with Gasteiger partial charge in [0.15, 0.2) is 17.0 Å². The molecule has 1 N–H and O–H groups in total. The first-order chi connectivity index (χ1) is 13.5. The second-order valence-electron chi connectivity index (χ2n) is 5.92. The molecule has 5 nitrogen and oxygen atoms in total. The Kier molecular flexibility index (Phi) is 6.71. The van der Waals surface area contributed by atoms with Crippen molar-refractivity contribution in [3.05, 3.63) is 42.0 Å². The maximum atomic E-state index is 13.2. The van der Waals surface area contributed by atoms with Crippen LogP contribution in [0.1, 0.15) is 12.0 Å². The number of benzene rings is 2. The summed E-state index contributed by atoms with van der Waals surface area (Å²) in [6, 6.07) is 10.6. The molecule has 2 aromatic carbocycles. The van der Waals surface area contributed by atoms with Crippen molar-refractivity contribution in [2.24, 2.45) is 0 Å². The minimum Gasteiger partial charge on any atom is -0.504 e. The molecule has 1 unspecified atom stereocenters. The number of rotatable bonds is 8. The molecule has 1 heterocycles. The molecule has 0 saturated carbocycles. The molecule has 0 aliphatic rings. The van der Waals surface area contributed by atoms with Gasteiger partial charge >= 0.3 is 0 Å². The first-order valence-corrected chi connectivity index (χ1v) is 12.2.